The van der Waals surface area contributed by atoms with Crippen molar-refractivity contribution in [2.24, 2.45) is 5.41 Å². The van der Waals surface area contributed by atoms with Crippen molar-refractivity contribution in [3.05, 3.63) is 46.3 Å². The topological polar surface area (TPSA) is 128 Å². The lowest BCUT2D eigenvalue weighted by Gasteiger charge is -2.24. The van der Waals surface area contributed by atoms with Gasteiger partial charge in [-0.05, 0) is 25.0 Å². The van der Waals surface area contributed by atoms with Crippen molar-refractivity contribution in [3.8, 4) is 5.75 Å². The maximum atomic E-state index is 14.3. The van der Waals surface area contributed by atoms with Gasteiger partial charge in [-0.2, -0.15) is 0 Å². The lowest BCUT2D eigenvalue weighted by molar-refractivity contribution is -0.343. The number of benzene rings is 1. The average molecular weight is 407 g/mol. The summed E-state index contributed by atoms with van der Waals surface area (Å²) in [4.78, 5) is 19.3. The van der Waals surface area contributed by atoms with E-state index in [-0.39, 0.29) is 31.7 Å². The van der Waals surface area contributed by atoms with Crippen LogP contribution >= 0.6 is 11.3 Å². The molecule has 8 nitrogen and oxygen atoms in total. The molecule has 148 valence electrons. The number of rotatable bonds is 7. The Balaban J connectivity index is 1.45. The van der Waals surface area contributed by atoms with E-state index in [2.05, 4.69) is 15.3 Å². The second-order valence-corrected chi connectivity index (χ2v) is 7.55. The predicted molar refractivity (Wildman–Crippen MR) is 97.6 cm³/mol. The van der Waals surface area contributed by atoms with Crippen LogP contribution in [0.4, 0.5) is 4.39 Å². The predicted octanol–water partition coefficient (Wildman–Crippen LogP) is 1.37. The van der Waals surface area contributed by atoms with Crippen molar-refractivity contribution in [2.45, 2.75) is 32.0 Å². The number of aliphatic hydroxyl groups is 3. The van der Waals surface area contributed by atoms with Crippen LogP contribution in [0.5, 0.6) is 5.75 Å². The molecule has 2 aromatic heterocycles. The summed E-state index contributed by atoms with van der Waals surface area (Å²) >= 11 is 1.43. The Kier molecular flexibility index (Phi) is 4.58. The molecule has 0 atom stereocenters. The third-order valence-corrected chi connectivity index (χ3v) is 5.49. The van der Waals surface area contributed by atoms with Gasteiger partial charge in [0.15, 0.2) is 11.6 Å². The summed E-state index contributed by atoms with van der Waals surface area (Å²) in [5, 5.41) is 33.0. The SMILES string of the molecule is O=C(NCc1cc2cc(F)c(OCc3cscn3)cc2[nH]1)C1(C(O)(O)O)CC1. The molecule has 1 fully saturated rings. The van der Waals surface area contributed by atoms with Crippen molar-refractivity contribution in [3.63, 3.8) is 0 Å². The van der Waals surface area contributed by atoms with Crippen LogP contribution in [-0.2, 0) is 17.9 Å². The molecule has 1 aliphatic rings. The molecule has 28 heavy (non-hydrogen) atoms. The number of aromatic nitrogens is 2. The van der Waals surface area contributed by atoms with Gasteiger partial charge in [0.25, 0.3) is 5.97 Å². The minimum Gasteiger partial charge on any atom is -0.484 e. The third-order valence-electron chi connectivity index (χ3n) is 4.85. The number of amides is 1. The molecule has 1 amide bonds. The van der Waals surface area contributed by atoms with Crippen LogP contribution in [0.1, 0.15) is 24.2 Å². The van der Waals surface area contributed by atoms with Gasteiger partial charge in [0.05, 0.1) is 17.7 Å². The average Bonchev–Trinajstić information content (AvgIpc) is 3.14. The zero-order chi connectivity index (χ0) is 19.9. The molecule has 0 aliphatic heterocycles. The Labute approximate surface area is 162 Å². The third kappa shape index (κ3) is 3.47. The number of carbonyl (C=O) groups excluding carboxylic acids is 1. The lowest BCUT2D eigenvalue weighted by Crippen LogP contribution is -2.48. The fourth-order valence-electron chi connectivity index (χ4n) is 3.04. The van der Waals surface area contributed by atoms with E-state index in [4.69, 9.17) is 4.74 Å². The van der Waals surface area contributed by atoms with Crippen LogP contribution in [0, 0.1) is 11.2 Å². The fraction of sp³-hybridized carbons (Fsp3) is 0.333. The molecule has 10 heteroatoms. The van der Waals surface area contributed by atoms with Crippen LogP contribution in [0.3, 0.4) is 0 Å². The van der Waals surface area contributed by atoms with Gasteiger partial charge in [0, 0.05) is 28.0 Å². The van der Waals surface area contributed by atoms with Crippen molar-refractivity contribution in [1.29, 1.82) is 0 Å². The summed E-state index contributed by atoms with van der Waals surface area (Å²) in [6.07, 6.45) is 0.361. The van der Waals surface area contributed by atoms with Crippen LogP contribution in [-0.4, -0.2) is 37.2 Å². The lowest BCUT2D eigenvalue weighted by atomic mass is 10.0. The van der Waals surface area contributed by atoms with Gasteiger partial charge in [0.1, 0.15) is 12.0 Å². The first-order chi connectivity index (χ1) is 13.3. The molecule has 4 rings (SSSR count). The second kappa shape index (κ2) is 6.82. The summed E-state index contributed by atoms with van der Waals surface area (Å²) < 4.78 is 19.7. The molecule has 2 heterocycles. The number of carbonyl (C=O) groups is 1. The summed E-state index contributed by atoms with van der Waals surface area (Å²) in [5.41, 5.74) is 2.00. The molecular weight excluding hydrogens is 389 g/mol. The first-order valence-electron chi connectivity index (χ1n) is 8.55. The molecule has 0 radical (unpaired) electrons. The molecule has 0 bridgehead atoms. The van der Waals surface area contributed by atoms with E-state index >= 15 is 0 Å². The molecule has 1 aliphatic carbocycles. The monoisotopic (exact) mass is 407 g/mol. The zero-order valence-electron chi connectivity index (χ0n) is 14.6. The van der Waals surface area contributed by atoms with E-state index in [9.17, 15) is 24.5 Å². The molecule has 0 spiro atoms. The molecule has 1 saturated carbocycles. The number of H-pyrrole nitrogens is 1. The maximum Gasteiger partial charge on any atom is 0.290 e. The van der Waals surface area contributed by atoms with E-state index in [0.717, 1.165) is 0 Å². The van der Waals surface area contributed by atoms with Gasteiger partial charge in [-0.15, -0.1) is 11.3 Å². The van der Waals surface area contributed by atoms with Gasteiger partial charge in [-0.3, -0.25) is 4.79 Å². The molecule has 0 unspecified atom stereocenters. The van der Waals surface area contributed by atoms with Crippen LogP contribution < -0.4 is 10.1 Å². The van der Waals surface area contributed by atoms with Crippen molar-refractivity contribution >= 4 is 28.1 Å². The number of hydrogen-bond donors (Lipinski definition) is 5. The number of fused-ring (bicyclic) bond motifs is 1. The number of hydrogen-bond acceptors (Lipinski definition) is 7. The standard InChI is InChI=1S/C18H18FN3O5S/c19-13-4-10-3-11(6-20-16(23)17(1-2-17)18(24,25)26)22-14(10)5-15(13)27-7-12-8-28-9-21-12/h3-5,8-9,22,24-26H,1-2,6-7H2,(H,20,23). The zero-order valence-corrected chi connectivity index (χ0v) is 15.4. The van der Waals surface area contributed by atoms with Gasteiger partial charge in [0.2, 0.25) is 5.91 Å². The van der Waals surface area contributed by atoms with Gasteiger partial charge < -0.3 is 30.4 Å². The number of halogens is 1. The van der Waals surface area contributed by atoms with Gasteiger partial charge >= 0.3 is 0 Å². The highest BCUT2D eigenvalue weighted by atomic mass is 32.1. The molecule has 5 N–H and O–H groups in total. The highest BCUT2D eigenvalue weighted by molar-refractivity contribution is 7.07. The van der Waals surface area contributed by atoms with E-state index < -0.39 is 23.1 Å². The minimum absolute atomic E-state index is 0.0575. The van der Waals surface area contributed by atoms with E-state index in [1.165, 1.54) is 23.5 Å². The Hall–Kier alpha value is -2.53. The first kappa shape index (κ1) is 18.8. The van der Waals surface area contributed by atoms with E-state index in [1.807, 2.05) is 5.38 Å². The molecule has 1 aromatic carbocycles. The van der Waals surface area contributed by atoms with Gasteiger partial charge in [-0.1, -0.05) is 0 Å². The van der Waals surface area contributed by atoms with E-state index in [0.29, 0.717) is 22.3 Å². The number of ether oxygens (including phenoxy) is 1. The maximum absolute atomic E-state index is 14.3. The quantitative estimate of drug-likeness (QED) is 0.377. The van der Waals surface area contributed by atoms with Crippen LogP contribution in [0.2, 0.25) is 0 Å². The van der Waals surface area contributed by atoms with E-state index in [1.54, 1.807) is 11.6 Å². The molecule has 3 aromatic rings. The second-order valence-electron chi connectivity index (χ2n) is 6.83. The van der Waals surface area contributed by atoms with Crippen LogP contribution in [0.15, 0.2) is 29.1 Å². The van der Waals surface area contributed by atoms with Crippen molar-refractivity contribution < 1.29 is 29.2 Å². The Bertz CT molecular complexity index is 1010. The first-order valence-corrected chi connectivity index (χ1v) is 9.49. The number of thiazole rings is 1. The molecule has 0 saturated heterocycles. The summed E-state index contributed by atoms with van der Waals surface area (Å²) in [5.74, 6) is -4.14. The summed E-state index contributed by atoms with van der Waals surface area (Å²) in [6.45, 7) is 0.213. The van der Waals surface area contributed by atoms with Crippen molar-refractivity contribution in [1.82, 2.24) is 15.3 Å². The highest BCUT2D eigenvalue weighted by Crippen LogP contribution is 2.52. The van der Waals surface area contributed by atoms with Crippen molar-refractivity contribution in [2.75, 3.05) is 0 Å². The number of nitrogens with one attached hydrogen (secondary N) is 2. The summed E-state index contributed by atoms with van der Waals surface area (Å²) in [7, 11) is 0. The fourth-order valence-corrected chi connectivity index (χ4v) is 3.59. The number of aromatic amines is 1. The highest BCUT2D eigenvalue weighted by Gasteiger charge is 2.64. The summed E-state index contributed by atoms with van der Waals surface area (Å²) in [6, 6.07) is 4.54. The molecular formula is C18H18FN3O5S. The van der Waals surface area contributed by atoms with Crippen LogP contribution in [0.25, 0.3) is 10.9 Å². The minimum atomic E-state index is -3.05. The Morgan fingerprint density at radius 3 is 2.79 bits per heavy atom. The normalized spacial score (nSPS) is 15.6. The number of nitrogens with zero attached hydrogens (tertiary/aromatic N) is 1. The Morgan fingerprint density at radius 1 is 1.36 bits per heavy atom. The van der Waals surface area contributed by atoms with Gasteiger partial charge in [-0.25, -0.2) is 9.37 Å². The Morgan fingerprint density at radius 2 is 2.14 bits per heavy atom. The smallest absolute Gasteiger partial charge is 0.290 e. The largest absolute Gasteiger partial charge is 0.484 e.